The minimum atomic E-state index is -3.16. The van der Waals surface area contributed by atoms with Crippen LogP contribution in [0.5, 0.6) is 0 Å². The summed E-state index contributed by atoms with van der Waals surface area (Å²) in [6.45, 7) is 6.96. The average molecular weight is 379 g/mol. The third-order valence-corrected chi connectivity index (χ3v) is 7.16. The molecular formula is C16H34N4O2S2. The van der Waals surface area contributed by atoms with Crippen molar-refractivity contribution in [2.45, 2.75) is 39.5 Å². The van der Waals surface area contributed by atoms with Crippen molar-refractivity contribution in [3.63, 3.8) is 0 Å². The van der Waals surface area contributed by atoms with Crippen molar-refractivity contribution < 1.29 is 8.42 Å². The summed E-state index contributed by atoms with van der Waals surface area (Å²) in [5.41, 5.74) is 0. The molecule has 0 spiro atoms. The van der Waals surface area contributed by atoms with Gasteiger partial charge in [-0.3, -0.25) is 4.99 Å². The fraction of sp³-hybridized carbons (Fsp3) is 0.938. The van der Waals surface area contributed by atoms with Crippen molar-refractivity contribution >= 4 is 27.7 Å². The molecule has 2 N–H and O–H groups in total. The van der Waals surface area contributed by atoms with E-state index in [1.807, 2.05) is 11.8 Å². The lowest BCUT2D eigenvalue weighted by Gasteiger charge is -2.25. The summed E-state index contributed by atoms with van der Waals surface area (Å²) in [6.07, 6.45) is 4.83. The smallest absolute Gasteiger partial charge is 0.215 e. The van der Waals surface area contributed by atoms with Crippen LogP contribution in [0.1, 0.15) is 39.5 Å². The number of sulfonamides is 1. The lowest BCUT2D eigenvalue weighted by Crippen LogP contribution is -2.44. The van der Waals surface area contributed by atoms with Crippen molar-refractivity contribution in [2.24, 2.45) is 10.9 Å². The molecule has 0 bridgehead atoms. The molecule has 1 aliphatic rings. The van der Waals surface area contributed by atoms with Crippen molar-refractivity contribution in [2.75, 3.05) is 50.5 Å². The number of thioether (sulfide) groups is 1. The van der Waals surface area contributed by atoms with Gasteiger partial charge in [-0.1, -0.05) is 33.1 Å². The normalized spacial score (nSPS) is 18.4. The van der Waals surface area contributed by atoms with Crippen molar-refractivity contribution in [1.82, 2.24) is 14.9 Å². The first-order chi connectivity index (χ1) is 11.5. The molecule has 1 unspecified atom stereocenters. The minimum Gasteiger partial charge on any atom is -0.356 e. The molecule has 0 radical (unpaired) electrons. The van der Waals surface area contributed by atoms with Gasteiger partial charge in [0.15, 0.2) is 5.96 Å². The standard InChI is InChI=1S/C16H34N4O2S2/c1-4-6-7-15(5-2)14-19-16(17-3)18-8-13-24(21,22)20-9-11-23-12-10-20/h15H,4-14H2,1-3H3,(H2,17,18,19). The Morgan fingerprint density at radius 1 is 1.25 bits per heavy atom. The van der Waals surface area contributed by atoms with E-state index in [1.165, 1.54) is 19.3 Å². The lowest BCUT2D eigenvalue weighted by atomic mass is 9.99. The quantitative estimate of drug-likeness (QED) is 0.447. The molecule has 1 saturated heterocycles. The first kappa shape index (κ1) is 21.6. The van der Waals surface area contributed by atoms with Gasteiger partial charge in [-0.25, -0.2) is 12.7 Å². The summed E-state index contributed by atoms with van der Waals surface area (Å²) in [4.78, 5) is 4.19. The Bertz CT molecular complexity index is 463. The third kappa shape index (κ3) is 8.07. The van der Waals surface area contributed by atoms with Crippen LogP contribution in [-0.2, 0) is 10.0 Å². The molecule has 1 aliphatic heterocycles. The molecule has 0 saturated carbocycles. The van der Waals surface area contributed by atoms with Crippen molar-refractivity contribution in [1.29, 1.82) is 0 Å². The lowest BCUT2D eigenvalue weighted by molar-refractivity contribution is 0.441. The molecule has 6 nitrogen and oxygen atoms in total. The van der Waals surface area contributed by atoms with Gasteiger partial charge in [-0.15, -0.1) is 0 Å². The van der Waals surface area contributed by atoms with Crippen LogP contribution in [-0.4, -0.2) is 69.2 Å². The Hall–Kier alpha value is -0.470. The molecule has 0 aromatic carbocycles. The summed E-state index contributed by atoms with van der Waals surface area (Å²) < 4.78 is 26.2. The predicted molar refractivity (Wildman–Crippen MR) is 105 cm³/mol. The molecule has 24 heavy (non-hydrogen) atoms. The molecule has 8 heteroatoms. The molecule has 0 amide bonds. The van der Waals surface area contributed by atoms with Crippen molar-refractivity contribution in [3.8, 4) is 0 Å². The average Bonchev–Trinajstić information content (AvgIpc) is 2.60. The van der Waals surface area contributed by atoms with Crippen LogP contribution >= 0.6 is 11.8 Å². The number of nitrogens with zero attached hydrogens (tertiary/aromatic N) is 2. The summed E-state index contributed by atoms with van der Waals surface area (Å²) >= 11 is 1.81. The molecule has 1 fully saturated rings. The number of hydrogen-bond donors (Lipinski definition) is 2. The van der Waals surface area contributed by atoms with Crippen LogP contribution in [0.3, 0.4) is 0 Å². The third-order valence-electron chi connectivity index (χ3n) is 4.34. The highest BCUT2D eigenvalue weighted by Gasteiger charge is 2.23. The van der Waals surface area contributed by atoms with Gasteiger partial charge in [0.25, 0.3) is 0 Å². The SMILES string of the molecule is CCCCC(CC)CNC(=NC)NCCS(=O)(=O)N1CCSCC1. The zero-order valence-corrected chi connectivity index (χ0v) is 17.0. The van der Waals surface area contributed by atoms with Gasteiger partial charge in [-0.2, -0.15) is 11.8 Å². The van der Waals surface area contributed by atoms with Gasteiger partial charge in [0.1, 0.15) is 0 Å². The number of hydrogen-bond acceptors (Lipinski definition) is 4. The van der Waals surface area contributed by atoms with Gasteiger partial charge >= 0.3 is 0 Å². The second kappa shape index (κ2) is 12.0. The topological polar surface area (TPSA) is 73.8 Å². The van der Waals surface area contributed by atoms with E-state index in [9.17, 15) is 8.42 Å². The zero-order valence-electron chi connectivity index (χ0n) is 15.4. The van der Waals surface area contributed by atoms with Crippen LogP contribution < -0.4 is 10.6 Å². The van der Waals surface area contributed by atoms with Crippen LogP contribution in [0, 0.1) is 5.92 Å². The number of guanidine groups is 1. The second-order valence-corrected chi connectivity index (χ2v) is 9.44. The maximum Gasteiger partial charge on any atom is 0.215 e. The van der Waals surface area contributed by atoms with Crippen molar-refractivity contribution in [3.05, 3.63) is 0 Å². The highest BCUT2D eigenvalue weighted by molar-refractivity contribution is 7.99. The first-order valence-corrected chi connectivity index (χ1v) is 11.8. The fourth-order valence-electron chi connectivity index (χ4n) is 2.66. The minimum absolute atomic E-state index is 0.116. The Labute approximate surface area is 152 Å². The molecule has 1 rings (SSSR count). The van der Waals surface area contributed by atoms with E-state index in [2.05, 4.69) is 29.5 Å². The number of aliphatic imine (C=N–C) groups is 1. The van der Waals surface area contributed by atoms with Gasteiger partial charge < -0.3 is 10.6 Å². The van der Waals surface area contributed by atoms with Gasteiger partial charge in [-0.05, 0) is 12.3 Å². The number of nitrogens with one attached hydrogen (secondary N) is 2. The molecule has 0 aromatic heterocycles. The largest absolute Gasteiger partial charge is 0.356 e. The molecule has 0 aliphatic carbocycles. The van der Waals surface area contributed by atoms with E-state index >= 15 is 0 Å². The van der Waals surface area contributed by atoms with Crippen LogP contribution in [0.4, 0.5) is 0 Å². The predicted octanol–water partition coefficient (Wildman–Crippen LogP) is 1.75. The highest BCUT2D eigenvalue weighted by atomic mass is 32.2. The molecule has 1 atom stereocenters. The summed E-state index contributed by atoms with van der Waals surface area (Å²) in [6, 6.07) is 0. The Kier molecular flexibility index (Phi) is 10.8. The fourth-order valence-corrected chi connectivity index (χ4v) is 5.15. The van der Waals surface area contributed by atoms with Crippen LogP contribution in [0.15, 0.2) is 4.99 Å². The van der Waals surface area contributed by atoms with Gasteiger partial charge in [0.05, 0.1) is 5.75 Å². The maximum atomic E-state index is 12.3. The Morgan fingerprint density at radius 2 is 1.96 bits per heavy atom. The Balaban J connectivity index is 2.32. The van der Waals surface area contributed by atoms with E-state index in [0.717, 1.165) is 24.5 Å². The Morgan fingerprint density at radius 3 is 2.54 bits per heavy atom. The molecule has 142 valence electrons. The second-order valence-electron chi connectivity index (χ2n) is 6.12. The van der Waals surface area contributed by atoms with Crippen LogP contribution in [0.25, 0.3) is 0 Å². The maximum absolute atomic E-state index is 12.3. The van der Waals surface area contributed by atoms with Crippen LogP contribution in [0.2, 0.25) is 0 Å². The highest BCUT2D eigenvalue weighted by Crippen LogP contribution is 2.13. The number of unbranched alkanes of at least 4 members (excludes halogenated alkanes) is 1. The van der Waals surface area contributed by atoms with Gasteiger partial charge in [0.2, 0.25) is 10.0 Å². The summed E-state index contributed by atoms with van der Waals surface area (Å²) in [5, 5.41) is 6.45. The van der Waals surface area contributed by atoms with Gasteiger partial charge in [0, 0.05) is 44.7 Å². The van der Waals surface area contributed by atoms with E-state index in [1.54, 1.807) is 11.4 Å². The number of rotatable bonds is 10. The van der Waals surface area contributed by atoms with E-state index in [4.69, 9.17) is 0 Å². The molecular weight excluding hydrogens is 344 g/mol. The molecule has 1 heterocycles. The first-order valence-electron chi connectivity index (χ1n) is 9.03. The monoisotopic (exact) mass is 378 g/mol. The van der Waals surface area contributed by atoms with E-state index in [0.29, 0.717) is 31.5 Å². The van der Waals surface area contributed by atoms with E-state index in [-0.39, 0.29) is 5.75 Å². The van der Waals surface area contributed by atoms with E-state index < -0.39 is 10.0 Å². The zero-order chi connectivity index (χ0) is 17.8. The summed E-state index contributed by atoms with van der Waals surface area (Å²) in [7, 11) is -1.44. The summed E-state index contributed by atoms with van der Waals surface area (Å²) in [5.74, 6) is 3.23. The molecule has 0 aromatic rings.